The standard InChI is InChI=1S/C20H25N5OS/c1-21-20(23-12-15-8-6-10-22-19(15)25(2)3)24-13-16(26)18-11-14-7-4-5-9-17(14)27-18/h4-11,16,26H,12-13H2,1-3H3,(H2,21,23,24). The van der Waals surface area contributed by atoms with Crippen molar-refractivity contribution >= 4 is 33.2 Å². The lowest BCUT2D eigenvalue weighted by Crippen LogP contribution is -2.39. The van der Waals surface area contributed by atoms with Crippen LogP contribution in [0.5, 0.6) is 0 Å². The van der Waals surface area contributed by atoms with Gasteiger partial charge in [-0.15, -0.1) is 11.3 Å². The summed E-state index contributed by atoms with van der Waals surface area (Å²) in [5.41, 5.74) is 1.08. The Balaban J connectivity index is 1.57. The lowest BCUT2D eigenvalue weighted by Gasteiger charge is -2.18. The molecular weight excluding hydrogens is 358 g/mol. The van der Waals surface area contributed by atoms with E-state index in [-0.39, 0.29) is 0 Å². The van der Waals surface area contributed by atoms with E-state index in [9.17, 15) is 5.11 Å². The fourth-order valence-corrected chi connectivity index (χ4v) is 3.88. The molecule has 0 saturated heterocycles. The Kier molecular flexibility index (Phi) is 6.26. The molecule has 6 nitrogen and oxygen atoms in total. The highest BCUT2D eigenvalue weighted by molar-refractivity contribution is 7.19. The monoisotopic (exact) mass is 383 g/mol. The molecule has 1 atom stereocenters. The van der Waals surface area contributed by atoms with Crippen LogP contribution in [0.3, 0.4) is 0 Å². The van der Waals surface area contributed by atoms with Crippen LogP contribution in [0.2, 0.25) is 0 Å². The van der Waals surface area contributed by atoms with Crippen LogP contribution in [0.1, 0.15) is 16.5 Å². The van der Waals surface area contributed by atoms with Gasteiger partial charge in [-0.3, -0.25) is 4.99 Å². The summed E-state index contributed by atoms with van der Waals surface area (Å²) in [7, 11) is 5.66. The highest BCUT2D eigenvalue weighted by atomic mass is 32.1. The molecule has 2 aromatic heterocycles. The molecule has 0 fully saturated rings. The summed E-state index contributed by atoms with van der Waals surface area (Å²) in [5.74, 6) is 1.56. The fraction of sp³-hybridized carbons (Fsp3) is 0.300. The number of rotatable bonds is 6. The van der Waals surface area contributed by atoms with Gasteiger partial charge in [-0.1, -0.05) is 24.3 Å². The molecular formula is C20H25N5OS. The Hall–Kier alpha value is -2.64. The van der Waals surface area contributed by atoms with Gasteiger partial charge in [-0.05, 0) is 23.6 Å². The molecule has 0 bridgehead atoms. The number of guanidine groups is 1. The number of hydrogen-bond donors (Lipinski definition) is 3. The number of anilines is 1. The van der Waals surface area contributed by atoms with Crippen molar-refractivity contribution < 1.29 is 5.11 Å². The van der Waals surface area contributed by atoms with Crippen LogP contribution in [-0.2, 0) is 6.54 Å². The second-order valence-electron chi connectivity index (χ2n) is 6.39. The summed E-state index contributed by atoms with van der Waals surface area (Å²) in [5, 5.41) is 18.1. The number of nitrogens with zero attached hydrogens (tertiary/aromatic N) is 3. The van der Waals surface area contributed by atoms with Crippen molar-refractivity contribution in [1.29, 1.82) is 0 Å². The lowest BCUT2D eigenvalue weighted by atomic mass is 10.2. The van der Waals surface area contributed by atoms with E-state index in [0.717, 1.165) is 21.6 Å². The van der Waals surface area contributed by atoms with Crippen LogP contribution < -0.4 is 15.5 Å². The maximum atomic E-state index is 10.5. The van der Waals surface area contributed by atoms with E-state index in [1.807, 2.05) is 49.3 Å². The number of fused-ring (bicyclic) bond motifs is 1. The first-order valence-electron chi connectivity index (χ1n) is 8.80. The smallest absolute Gasteiger partial charge is 0.191 e. The zero-order valence-electron chi connectivity index (χ0n) is 15.8. The maximum Gasteiger partial charge on any atom is 0.191 e. The fourth-order valence-electron chi connectivity index (χ4n) is 2.83. The third-order valence-electron chi connectivity index (χ3n) is 4.20. The predicted molar refractivity (Wildman–Crippen MR) is 114 cm³/mol. The lowest BCUT2D eigenvalue weighted by molar-refractivity contribution is 0.184. The van der Waals surface area contributed by atoms with E-state index in [0.29, 0.717) is 19.0 Å². The molecule has 142 valence electrons. The van der Waals surface area contributed by atoms with E-state index >= 15 is 0 Å². The number of thiophene rings is 1. The van der Waals surface area contributed by atoms with Gasteiger partial charge in [0.25, 0.3) is 0 Å². The maximum absolute atomic E-state index is 10.5. The van der Waals surface area contributed by atoms with Gasteiger partial charge in [0.05, 0.1) is 0 Å². The van der Waals surface area contributed by atoms with Gasteiger partial charge in [-0.25, -0.2) is 4.98 Å². The molecule has 1 unspecified atom stereocenters. The van der Waals surface area contributed by atoms with E-state index in [2.05, 4.69) is 32.7 Å². The Morgan fingerprint density at radius 1 is 1.22 bits per heavy atom. The molecule has 1 aromatic carbocycles. The average Bonchev–Trinajstić information content (AvgIpc) is 3.12. The van der Waals surface area contributed by atoms with Crippen molar-refractivity contribution in [2.24, 2.45) is 4.99 Å². The van der Waals surface area contributed by atoms with Crippen LogP contribution >= 0.6 is 11.3 Å². The summed E-state index contributed by atoms with van der Waals surface area (Å²) in [4.78, 5) is 11.6. The molecule has 3 rings (SSSR count). The number of benzene rings is 1. The number of aromatic nitrogens is 1. The molecule has 0 aliphatic rings. The first kappa shape index (κ1) is 19.1. The number of hydrogen-bond acceptors (Lipinski definition) is 5. The summed E-state index contributed by atoms with van der Waals surface area (Å²) >= 11 is 1.62. The van der Waals surface area contributed by atoms with Crippen molar-refractivity contribution in [3.63, 3.8) is 0 Å². The topological polar surface area (TPSA) is 72.8 Å². The van der Waals surface area contributed by atoms with Crippen LogP contribution in [0, 0.1) is 0 Å². The van der Waals surface area contributed by atoms with Gasteiger partial charge in [0.15, 0.2) is 5.96 Å². The zero-order valence-corrected chi connectivity index (χ0v) is 16.6. The molecule has 0 amide bonds. The van der Waals surface area contributed by atoms with Gasteiger partial charge in [0, 0.05) is 55.6 Å². The number of aliphatic hydroxyl groups is 1. The van der Waals surface area contributed by atoms with Crippen LogP contribution in [0.25, 0.3) is 10.1 Å². The Labute approximate surface area is 163 Å². The van der Waals surface area contributed by atoms with Crippen molar-refractivity contribution in [3.05, 3.63) is 59.1 Å². The summed E-state index contributed by atoms with van der Waals surface area (Å²) < 4.78 is 1.18. The SMILES string of the molecule is CN=C(NCc1cccnc1N(C)C)NCC(O)c1cc2ccccc2s1. The molecule has 0 aliphatic heterocycles. The van der Waals surface area contributed by atoms with Gasteiger partial charge in [0.1, 0.15) is 11.9 Å². The Morgan fingerprint density at radius 3 is 2.78 bits per heavy atom. The molecule has 0 spiro atoms. The second kappa shape index (κ2) is 8.83. The van der Waals surface area contributed by atoms with Crippen LogP contribution in [-0.4, -0.2) is 43.7 Å². The highest BCUT2D eigenvalue weighted by Crippen LogP contribution is 2.29. The molecule has 3 N–H and O–H groups in total. The average molecular weight is 384 g/mol. The minimum Gasteiger partial charge on any atom is -0.386 e. The van der Waals surface area contributed by atoms with E-state index in [1.54, 1.807) is 24.6 Å². The molecule has 0 aliphatic carbocycles. The van der Waals surface area contributed by atoms with Crippen molar-refractivity contribution in [2.75, 3.05) is 32.6 Å². The largest absolute Gasteiger partial charge is 0.386 e. The molecule has 27 heavy (non-hydrogen) atoms. The van der Waals surface area contributed by atoms with Crippen molar-refractivity contribution in [3.8, 4) is 0 Å². The first-order chi connectivity index (χ1) is 13.1. The third kappa shape index (κ3) is 4.75. The Bertz CT molecular complexity index is 888. The minimum atomic E-state index is -0.586. The van der Waals surface area contributed by atoms with Gasteiger partial charge in [0.2, 0.25) is 0 Å². The number of nitrogens with one attached hydrogen (secondary N) is 2. The Morgan fingerprint density at radius 2 is 2.04 bits per heavy atom. The molecule has 2 heterocycles. The van der Waals surface area contributed by atoms with Gasteiger partial charge < -0.3 is 20.6 Å². The predicted octanol–water partition coefficient (Wildman–Crippen LogP) is 2.76. The van der Waals surface area contributed by atoms with Gasteiger partial charge >= 0.3 is 0 Å². The minimum absolute atomic E-state index is 0.389. The second-order valence-corrected chi connectivity index (χ2v) is 7.50. The zero-order chi connectivity index (χ0) is 19.2. The number of aliphatic hydroxyl groups excluding tert-OH is 1. The number of pyridine rings is 1. The van der Waals surface area contributed by atoms with E-state index < -0.39 is 6.10 Å². The molecule has 3 aromatic rings. The van der Waals surface area contributed by atoms with Crippen LogP contribution in [0.4, 0.5) is 5.82 Å². The highest BCUT2D eigenvalue weighted by Gasteiger charge is 2.12. The van der Waals surface area contributed by atoms with Crippen molar-refractivity contribution in [2.45, 2.75) is 12.6 Å². The number of aliphatic imine (C=N–C) groups is 1. The van der Waals surface area contributed by atoms with Gasteiger partial charge in [-0.2, -0.15) is 0 Å². The quantitative estimate of drug-likeness (QED) is 0.451. The molecule has 0 radical (unpaired) electrons. The normalized spacial score (nSPS) is 12.8. The molecule has 7 heteroatoms. The van der Waals surface area contributed by atoms with E-state index in [1.165, 1.54) is 4.70 Å². The third-order valence-corrected chi connectivity index (χ3v) is 5.41. The first-order valence-corrected chi connectivity index (χ1v) is 9.62. The summed E-state index contributed by atoms with van der Waals surface area (Å²) in [6.07, 6.45) is 1.20. The molecule has 0 saturated carbocycles. The van der Waals surface area contributed by atoms with Crippen LogP contribution in [0.15, 0.2) is 53.7 Å². The van der Waals surface area contributed by atoms with Crippen molar-refractivity contribution in [1.82, 2.24) is 15.6 Å². The summed E-state index contributed by atoms with van der Waals surface area (Å²) in [6, 6.07) is 14.2. The summed E-state index contributed by atoms with van der Waals surface area (Å²) in [6.45, 7) is 0.986. The van der Waals surface area contributed by atoms with E-state index in [4.69, 9.17) is 0 Å².